The van der Waals surface area contributed by atoms with Crippen LogP contribution in [0.25, 0.3) is 0 Å². The smallest absolute Gasteiger partial charge is 0.233 e. The molecule has 2 N–H and O–H groups in total. The van der Waals surface area contributed by atoms with Crippen molar-refractivity contribution in [3.63, 3.8) is 0 Å². The largest absolute Gasteiger partial charge is 0.355 e. The van der Waals surface area contributed by atoms with Gasteiger partial charge in [-0.2, -0.15) is 0 Å². The molecule has 0 unspecified atom stereocenters. The minimum Gasteiger partial charge on any atom is -0.355 e. The fourth-order valence-electron chi connectivity index (χ4n) is 1.24. The Morgan fingerprint density at radius 2 is 2.07 bits per heavy atom. The van der Waals surface area contributed by atoms with Crippen LogP contribution in [0.5, 0.6) is 0 Å². The van der Waals surface area contributed by atoms with E-state index in [4.69, 9.17) is 0 Å². The number of hydrogen-bond donors (Lipinski definition) is 2. The van der Waals surface area contributed by atoms with Gasteiger partial charge in [-0.05, 0) is 32.2 Å². The number of allylic oxidation sites excluding steroid dienone is 1. The van der Waals surface area contributed by atoms with Gasteiger partial charge in [-0.1, -0.05) is 19.4 Å². The standard InChI is InChI=1S/C12H24N2O/c1-3-5-6-7-8-10-13-11-12(15)14-9-4-2/h3,13H,1,4-11H2,2H3,(H,14,15). The molecule has 0 bridgehead atoms. The van der Waals surface area contributed by atoms with E-state index in [1.807, 2.05) is 13.0 Å². The highest BCUT2D eigenvalue weighted by Gasteiger charge is 1.97. The van der Waals surface area contributed by atoms with E-state index in [1.54, 1.807) is 0 Å². The quantitative estimate of drug-likeness (QED) is 0.428. The van der Waals surface area contributed by atoms with Crippen LogP contribution in [0.1, 0.15) is 39.0 Å². The van der Waals surface area contributed by atoms with Gasteiger partial charge in [0.2, 0.25) is 5.91 Å². The van der Waals surface area contributed by atoms with E-state index in [-0.39, 0.29) is 5.91 Å². The van der Waals surface area contributed by atoms with Crippen molar-refractivity contribution in [1.29, 1.82) is 0 Å². The Kier molecular flexibility index (Phi) is 10.6. The molecular weight excluding hydrogens is 188 g/mol. The van der Waals surface area contributed by atoms with Gasteiger partial charge in [0.15, 0.2) is 0 Å². The van der Waals surface area contributed by atoms with Crippen molar-refractivity contribution in [3.05, 3.63) is 12.7 Å². The molecule has 15 heavy (non-hydrogen) atoms. The molecule has 3 nitrogen and oxygen atoms in total. The van der Waals surface area contributed by atoms with E-state index in [1.165, 1.54) is 12.8 Å². The van der Waals surface area contributed by atoms with Crippen LogP contribution in [0.15, 0.2) is 12.7 Å². The fraction of sp³-hybridized carbons (Fsp3) is 0.750. The molecule has 3 heteroatoms. The summed E-state index contributed by atoms with van der Waals surface area (Å²) in [6, 6.07) is 0. The van der Waals surface area contributed by atoms with Crippen LogP contribution in [-0.4, -0.2) is 25.5 Å². The van der Waals surface area contributed by atoms with Gasteiger partial charge >= 0.3 is 0 Å². The van der Waals surface area contributed by atoms with E-state index in [2.05, 4.69) is 17.2 Å². The number of rotatable bonds is 10. The van der Waals surface area contributed by atoms with E-state index in [9.17, 15) is 4.79 Å². The van der Waals surface area contributed by atoms with E-state index >= 15 is 0 Å². The Morgan fingerprint density at radius 1 is 1.27 bits per heavy atom. The molecule has 0 aliphatic rings. The lowest BCUT2D eigenvalue weighted by atomic mass is 10.2. The van der Waals surface area contributed by atoms with Gasteiger partial charge in [0.25, 0.3) is 0 Å². The number of hydrogen-bond acceptors (Lipinski definition) is 2. The molecular formula is C12H24N2O. The second kappa shape index (κ2) is 11.2. The first-order valence-corrected chi connectivity index (χ1v) is 5.89. The summed E-state index contributed by atoms with van der Waals surface area (Å²) in [5.74, 6) is 0.0999. The number of nitrogens with one attached hydrogen (secondary N) is 2. The molecule has 0 aliphatic carbocycles. The average molecular weight is 212 g/mol. The topological polar surface area (TPSA) is 41.1 Å². The minimum atomic E-state index is 0.0999. The first-order valence-electron chi connectivity index (χ1n) is 5.89. The molecule has 0 rings (SSSR count). The predicted octanol–water partition coefficient (Wildman–Crippen LogP) is 1.85. The Bertz CT molecular complexity index is 169. The summed E-state index contributed by atoms with van der Waals surface area (Å²) in [6.07, 6.45) is 7.58. The maximum absolute atomic E-state index is 11.2. The third kappa shape index (κ3) is 11.1. The van der Waals surface area contributed by atoms with Crippen LogP contribution in [0.2, 0.25) is 0 Å². The summed E-state index contributed by atoms with van der Waals surface area (Å²) < 4.78 is 0. The third-order valence-electron chi connectivity index (χ3n) is 2.12. The number of carbonyl (C=O) groups is 1. The Morgan fingerprint density at radius 3 is 2.73 bits per heavy atom. The first kappa shape index (κ1) is 14.2. The van der Waals surface area contributed by atoms with E-state index in [0.717, 1.165) is 32.4 Å². The number of carbonyl (C=O) groups excluding carboxylic acids is 1. The highest BCUT2D eigenvalue weighted by Crippen LogP contribution is 1.98. The first-order chi connectivity index (χ1) is 7.31. The molecule has 0 saturated carbocycles. The summed E-state index contributed by atoms with van der Waals surface area (Å²) in [5, 5.41) is 5.96. The van der Waals surface area contributed by atoms with Crippen molar-refractivity contribution in [2.45, 2.75) is 39.0 Å². The Labute approximate surface area is 93.3 Å². The SMILES string of the molecule is C=CCCCCCNCC(=O)NCCC. The molecule has 0 fully saturated rings. The molecule has 0 atom stereocenters. The van der Waals surface area contributed by atoms with Crippen LogP contribution in [0.4, 0.5) is 0 Å². The summed E-state index contributed by atoms with van der Waals surface area (Å²) in [7, 11) is 0. The van der Waals surface area contributed by atoms with Crippen molar-refractivity contribution in [3.8, 4) is 0 Å². The molecule has 0 heterocycles. The Hall–Kier alpha value is -0.830. The number of amides is 1. The van der Waals surface area contributed by atoms with Crippen LogP contribution in [0, 0.1) is 0 Å². The zero-order valence-electron chi connectivity index (χ0n) is 9.85. The van der Waals surface area contributed by atoms with Gasteiger partial charge in [-0.15, -0.1) is 6.58 Å². The van der Waals surface area contributed by atoms with Crippen LogP contribution >= 0.6 is 0 Å². The lowest BCUT2D eigenvalue weighted by Crippen LogP contribution is -2.34. The van der Waals surface area contributed by atoms with Crippen LogP contribution in [-0.2, 0) is 4.79 Å². The van der Waals surface area contributed by atoms with Crippen molar-refractivity contribution < 1.29 is 4.79 Å². The van der Waals surface area contributed by atoms with Crippen molar-refractivity contribution in [2.24, 2.45) is 0 Å². The van der Waals surface area contributed by atoms with E-state index in [0.29, 0.717) is 6.54 Å². The summed E-state index contributed by atoms with van der Waals surface area (Å²) >= 11 is 0. The molecule has 88 valence electrons. The van der Waals surface area contributed by atoms with E-state index < -0.39 is 0 Å². The van der Waals surface area contributed by atoms with Gasteiger partial charge in [0, 0.05) is 6.54 Å². The lowest BCUT2D eigenvalue weighted by molar-refractivity contribution is -0.120. The maximum Gasteiger partial charge on any atom is 0.233 e. The number of unbranched alkanes of at least 4 members (excludes halogenated alkanes) is 3. The van der Waals surface area contributed by atoms with Gasteiger partial charge < -0.3 is 10.6 Å². The van der Waals surface area contributed by atoms with Crippen molar-refractivity contribution in [1.82, 2.24) is 10.6 Å². The van der Waals surface area contributed by atoms with Crippen molar-refractivity contribution >= 4 is 5.91 Å². The molecule has 0 saturated heterocycles. The molecule has 0 aromatic carbocycles. The zero-order chi connectivity index (χ0) is 11.4. The molecule has 1 amide bonds. The summed E-state index contributed by atoms with van der Waals surface area (Å²) in [6.45, 7) is 7.88. The van der Waals surface area contributed by atoms with Crippen LogP contribution in [0.3, 0.4) is 0 Å². The van der Waals surface area contributed by atoms with Gasteiger partial charge in [0.05, 0.1) is 6.54 Å². The molecule has 0 aromatic rings. The molecule has 0 aromatic heterocycles. The highest BCUT2D eigenvalue weighted by atomic mass is 16.1. The summed E-state index contributed by atoms with van der Waals surface area (Å²) in [4.78, 5) is 11.2. The van der Waals surface area contributed by atoms with Crippen molar-refractivity contribution in [2.75, 3.05) is 19.6 Å². The monoisotopic (exact) mass is 212 g/mol. The fourth-order valence-corrected chi connectivity index (χ4v) is 1.24. The summed E-state index contributed by atoms with van der Waals surface area (Å²) in [5.41, 5.74) is 0. The Balaban J connectivity index is 3.09. The third-order valence-corrected chi connectivity index (χ3v) is 2.12. The highest BCUT2D eigenvalue weighted by molar-refractivity contribution is 5.77. The lowest BCUT2D eigenvalue weighted by Gasteiger charge is -2.05. The molecule has 0 spiro atoms. The maximum atomic E-state index is 11.2. The minimum absolute atomic E-state index is 0.0999. The second-order valence-electron chi connectivity index (χ2n) is 3.66. The molecule has 0 aliphatic heterocycles. The molecule has 0 radical (unpaired) electrons. The predicted molar refractivity (Wildman–Crippen MR) is 64.8 cm³/mol. The second-order valence-corrected chi connectivity index (χ2v) is 3.66. The van der Waals surface area contributed by atoms with Gasteiger partial charge in [-0.25, -0.2) is 0 Å². The van der Waals surface area contributed by atoms with Crippen LogP contribution < -0.4 is 10.6 Å². The van der Waals surface area contributed by atoms with Gasteiger partial charge in [-0.3, -0.25) is 4.79 Å². The van der Waals surface area contributed by atoms with Gasteiger partial charge in [0.1, 0.15) is 0 Å². The normalized spacial score (nSPS) is 9.93. The average Bonchev–Trinajstić information content (AvgIpc) is 2.25. The zero-order valence-corrected chi connectivity index (χ0v) is 9.85.